The Bertz CT molecular complexity index is 998. The molecule has 1 heterocycles. The number of aliphatic carboxylic acids is 1. The topological polar surface area (TPSA) is 62.2 Å². The number of aromatic nitrogens is 1. The summed E-state index contributed by atoms with van der Waals surface area (Å²) in [6, 6.07) is 17.7. The van der Waals surface area contributed by atoms with Crippen LogP contribution in [0.2, 0.25) is 5.02 Å². The van der Waals surface area contributed by atoms with Crippen molar-refractivity contribution < 1.29 is 9.90 Å². The fourth-order valence-corrected chi connectivity index (χ4v) is 3.34. The largest absolute Gasteiger partial charge is 0.481 e. The molecule has 0 bridgehead atoms. The molecule has 1 aromatic heterocycles. The molecule has 0 fully saturated rings. The van der Waals surface area contributed by atoms with Crippen molar-refractivity contribution in [2.45, 2.75) is 32.7 Å². The van der Waals surface area contributed by atoms with Gasteiger partial charge in [-0.05, 0) is 61.7 Å². The number of carboxylic acid groups (broad SMARTS) is 1. The third kappa shape index (κ3) is 4.34. The second-order valence-corrected chi connectivity index (χ2v) is 7.81. The Morgan fingerprint density at radius 2 is 1.86 bits per heavy atom. The number of rotatable bonds is 6. The minimum Gasteiger partial charge on any atom is -0.481 e. The second kappa shape index (κ2) is 8.03. The van der Waals surface area contributed by atoms with Crippen molar-refractivity contribution in [2.24, 2.45) is 0 Å². The van der Waals surface area contributed by atoms with Crippen LogP contribution in [0.3, 0.4) is 0 Å². The zero-order valence-electron chi connectivity index (χ0n) is 16.2. The first-order valence-corrected chi connectivity index (χ1v) is 9.44. The Labute approximate surface area is 170 Å². The molecule has 0 atom stereocenters. The highest BCUT2D eigenvalue weighted by molar-refractivity contribution is 6.31. The van der Waals surface area contributed by atoms with E-state index < -0.39 is 11.4 Å². The van der Waals surface area contributed by atoms with Gasteiger partial charge in [0.05, 0.1) is 5.41 Å². The van der Waals surface area contributed by atoms with E-state index in [1.54, 1.807) is 26.1 Å². The van der Waals surface area contributed by atoms with Gasteiger partial charge < -0.3 is 10.4 Å². The van der Waals surface area contributed by atoms with Crippen LogP contribution in [0.15, 0.2) is 60.8 Å². The normalized spacial score (nSPS) is 11.3. The van der Waals surface area contributed by atoms with Gasteiger partial charge in [-0.25, -0.2) is 4.98 Å². The lowest BCUT2D eigenvalue weighted by atomic mass is 9.83. The molecule has 4 nitrogen and oxygen atoms in total. The second-order valence-electron chi connectivity index (χ2n) is 7.40. The van der Waals surface area contributed by atoms with Crippen LogP contribution in [0.4, 0.5) is 5.82 Å². The number of pyridine rings is 1. The van der Waals surface area contributed by atoms with Gasteiger partial charge in [0.2, 0.25) is 0 Å². The van der Waals surface area contributed by atoms with E-state index in [9.17, 15) is 9.90 Å². The maximum atomic E-state index is 11.6. The lowest BCUT2D eigenvalue weighted by Crippen LogP contribution is -2.28. The Morgan fingerprint density at radius 1 is 1.11 bits per heavy atom. The van der Waals surface area contributed by atoms with Gasteiger partial charge >= 0.3 is 5.97 Å². The number of hydrogen-bond donors (Lipinski definition) is 2. The first-order valence-electron chi connectivity index (χ1n) is 9.06. The van der Waals surface area contributed by atoms with Crippen LogP contribution in [0.25, 0.3) is 11.1 Å². The summed E-state index contributed by atoms with van der Waals surface area (Å²) in [6.07, 6.45) is 1.78. The maximum absolute atomic E-state index is 11.6. The van der Waals surface area contributed by atoms with Crippen LogP contribution in [-0.2, 0) is 16.8 Å². The average Bonchev–Trinajstić information content (AvgIpc) is 2.67. The molecule has 0 aliphatic rings. The van der Waals surface area contributed by atoms with E-state index in [0.717, 1.165) is 16.9 Å². The van der Waals surface area contributed by atoms with Crippen molar-refractivity contribution in [3.63, 3.8) is 0 Å². The van der Waals surface area contributed by atoms with Gasteiger partial charge in [-0.1, -0.05) is 47.5 Å². The monoisotopic (exact) mass is 394 g/mol. The highest BCUT2D eigenvalue weighted by Gasteiger charge is 2.31. The minimum absolute atomic E-state index is 0.445. The van der Waals surface area contributed by atoms with Gasteiger partial charge in [0.25, 0.3) is 0 Å². The third-order valence-corrected chi connectivity index (χ3v) is 5.16. The first kappa shape index (κ1) is 19.9. The van der Waals surface area contributed by atoms with Crippen LogP contribution in [0.1, 0.15) is 30.5 Å². The molecule has 0 amide bonds. The molecule has 0 spiro atoms. The number of halogens is 1. The van der Waals surface area contributed by atoms with Crippen molar-refractivity contribution in [3.05, 3.63) is 82.5 Å². The molecule has 0 saturated carbocycles. The molecule has 0 unspecified atom stereocenters. The van der Waals surface area contributed by atoms with Crippen molar-refractivity contribution in [1.82, 2.24) is 4.98 Å². The number of anilines is 1. The maximum Gasteiger partial charge on any atom is 0.313 e. The number of aryl methyl sites for hydroxylation is 1. The summed E-state index contributed by atoms with van der Waals surface area (Å²) < 4.78 is 0. The first-order chi connectivity index (χ1) is 13.3. The molecule has 3 rings (SSSR count). The number of carbonyl (C=O) groups is 1. The Kier molecular flexibility index (Phi) is 5.71. The molecule has 28 heavy (non-hydrogen) atoms. The van der Waals surface area contributed by atoms with E-state index in [1.807, 2.05) is 30.3 Å². The van der Waals surface area contributed by atoms with E-state index in [-0.39, 0.29) is 0 Å². The van der Waals surface area contributed by atoms with E-state index >= 15 is 0 Å². The van der Waals surface area contributed by atoms with Crippen LogP contribution in [0, 0.1) is 6.92 Å². The standard InChI is InChI=1S/C23H23ClN2O2/c1-15-5-4-6-16(11-15)13-25-21-10-8-18(14-26-21)17-7-9-20(24)19(12-17)23(2,3)22(27)28/h4-12,14H,13H2,1-3H3,(H,25,26)(H,27,28). The summed E-state index contributed by atoms with van der Waals surface area (Å²) in [6.45, 7) is 6.07. The lowest BCUT2D eigenvalue weighted by Gasteiger charge is -2.22. The predicted octanol–water partition coefficient (Wildman–Crippen LogP) is 5.68. The van der Waals surface area contributed by atoms with Gasteiger partial charge in [0, 0.05) is 23.3 Å². The van der Waals surface area contributed by atoms with Crippen molar-refractivity contribution >= 4 is 23.4 Å². The number of benzene rings is 2. The van der Waals surface area contributed by atoms with Crippen LogP contribution in [0.5, 0.6) is 0 Å². The molecule has 0 aliphatic heterocycles. The highest BCUT2D eigenvalue weighted by atomic mass is 35.5. The summed E-state index contributed by atoms with van der Waals surface area (Å²) in [7, 11) is 0. The SMILES string of the molecule is Cc1cccc(CNc2ccc(-c3ccc(Cl)c(C(C)(C)C(=O)O)c3)cn2)c1. The van der Waals surface area contributed by atoms with Gasteiger partial charge in [-0.2, -0.15) is 0 Å². The van der Waals surface area contributed by atoms with Gasteiger partial charge in [-0.3, -0.25) is 4.79 Å². The molecule has 0 saturated heterocycles. The molecule has 2 N–H and O–H groups in total. The van der Waals surface area contributed by atoms with Crippen molar-refractivity contribution in [1.29, 1.82) is 0 Å². The molecular weight excluding hydrogens is 372 g/mol. The van der Waals surface area contributed by atoms with Crippen molar-refractivity contribution in [3.8, 4) is 11.1 Å². The summed E-state index contributed by atoms with van der Waals surface area (Å²) in [4.78, 5) is 16.1. The van der Waals surface area contributed by atoms with Crippen LogP contribution >= 0.6 is 11.6 Å². The van der Waals surface area contributed by atoms with Gasteiger partial charge in [-0.15, -0.1) is 0 Å². The van der Waals surface area contributed by atoms with E-state index in [0.29, 0.717) is 17.1 Å². The summed E-state index contributed by atoms with van der Waals surface area (Å²) in [5, 5.41) is 13.3. The summed E-state index contributed by atoms with van der Waals surface area (Å²) in [5.74, 6) is -0.134. The number of carboxylic acids is 1. The Balaban J connectivity index is 1.79. The number of hydrogen-bond acceptors (Lipinski definition) is 3. The number of nitrogens with one attached hydrogen (secondary N) is 1. The molecule has 3 aromatic rings. The smallest absolute Gasteiger partial charge is 0.313 e. The molecule has 0 radical (unpaired) electrons. The molecule has 144 valence electrons. The lowest BCUT2D eigenvalue weighted by molar-refractivity contribution is -0.142. The number of nitrogens with zero attached hydrogens (tertiary/aromatic N) is 1. The fourth-order valence-electron chi connectivity index (χ4n) is 2.98. The third-order valence-electron chi connectivity index (χ3n) is 4.83. The van der Waals surface area contributed by atoms with Crippen LogP contribution in [-0.4, -0.2) is 16.1 Å². The fraction of sp³-hybridized carbons (Fsp3) is 0.217. The predicted molar refractivity (Wildman–Crippen MR) is 114 cm³/mol. The quantitative estimate of drug-likeness (QED) is 0.564. The highest BCUT2D eigenvalue weighted by Crippen LogP contribution is 2.34. The summed E-state index contributed by atoms with van der Waals surface area (Å²) in [5.41, 5.74) is 3.72. The molecule has 5 heteroatoms. The Morgan fingerprint density at radius 3 is 2.50 bits per heavy atom. The zero-order chi connectivity index (χ0) is 20.3. The van der Waals surface area contributed by atoms with E-state index in [2.05, 4.69) is 35.4 Å². The summed E-state index contributed by atoms with van der Waals surface area (Å²) >= 11 is 6.26. The zero-order valence-corrected chi connectivity index (χ0v) is 16.9. The van der Waals surface area contributed by atoms with E-state index in [1.165, 1.54) is 11.1 Å². The van der Waals surface area contributed by atoms with Gasteiger partial charge in [0.15, 0.2) is 0 Å². The van der Waals surface area contributed by atoms with Crippen LogP contribution < -0.4 is 5.32 Å². The average molecular weight is 395 g/mol. The van der Waals surface area contributed by atoms with Crippen molar-refractivity contribution in [2.75, 3.05) is 5.32 Å². The van der Waals surface area contributed by atoms with E-state index in [4.69, 9.17) is 11.6 Å². The molecular formula is C23H23ClN2O2. The molecule has 0 aliphatic carbocycles. The molecule has 2 aromatic carbocycles. The van der Waals surface area contributed by atoms with Gasteiger partial charge in [0.1, 0.15) is 5.82 Å². The minimum atomic E-state index is -1.07. The Hall–Kier alpha value is -2.85.